The van der Waals surface area contributed by atoms with E-state index in [1.165, 1.54) is 14.2 Å². The molecule has 0 aliphatic rings. The van der Waals surface area contributed by atoms with Gasteiger partial charge in [0.15, 0.2) is 16.7 Å². The van der Waals surface area contributed by atoms with Crippen LogP contribution in [-0.4, -0.2) is 28.8 Å². The van der Waals surface area contributed by atoms with Gasteiger partial charge >= 0.3 is 0 Å². The van der Waals surface area contributed by atoms with Crippen LogP contribution in [-0.2, 0) is 6.54 Å². The minimum atomic E-state index is -0.280. The summed E-state index contributed by atoms with van der Waals surface area (Å²) in [7, 11) is 3.04. The van der Waals surface area contributed by atoms with Gasteiger partial charge in [0.1, 0.15) is 0 Å². The Kier molecular flexibility index (Phi) is 6.47. The van der Waals surface area contributed by atoms with Gasteiger partial charge in [-0.3, -0.25) is 14.2 Å². The van der Waals surface area contributed by atoms with Crippen molar-refractivity contribution >= 4 is 45.2 Å². The zero-order valence-corrected chi connectivity index (χ0v) is 21.4. The zero-order valence-electron chi connectivity index (χ0n) is 19.8. The monoisotopic (exact) mass is 519 g/mol. The minimum Gasteiger partial charge on any atom is -0.493 e. The average molecular weight is 520 g/mol. The molecule has 9 heteroatoms. The summed E-state index contributed by atoms with van der Waals surface area (Å²) < 4.78 is 12.3. The van der Waals surface area contributed by atoms with Crippen molar-refractivity contribution in [3.63, 3.8) is 0 Å². The molecule has 2 heterocycles. The normalized spacial score (nSPS) is 11.2. The third-order valence-corrected chi connectivity index (χ3v) is 7.25. The Balaban J connectivity index is 1.80. The van der Waals surface area contributed by atoms with Gasteiger partial charge in [0.25, 0.3) is 11.1 Å². The molecule has 36 heavy (non-hydrogen) atoms. The number of nitrogens with one attached hydrogen (secondary N) is 1. The first-order chi connectivity index (χ1) is 17.4. The number of hydrogen-bond donors (Lipinski definition) is 1. The maximum Gasteiger partial charge on any atom is 0.263 e. The topological polar surface area (TPSA) is 86.2 Å². The van der Waals surface area contributed by atoms with Gasteiger partial charge < -0.3 is 14.5 Å². The number of aromatic nitrogens is 3. The van der Waals surface area contributed by atoms with Gasteiger partial charge in [-0.15, -0.1) is 0 Å². The molecule has 0 amide bonds. The molecular weight excluding hydrogens is 498 g/mol. The fourth-order valence-corrected chi connectivity index (χ4v) is 5.51. The van der Waals surface area contributed by atoms with Crippen LogP contribution in [0.5, 0.6) is 11.5 Å². The molecule has 0 aliphatic carbocycles. The van der Waals surface area contributed by atoms with Gasteiger partial charge in [-0.25, -0.2) is 4.98 Å². The summed E-state index contributed by atoms with van der Waals surface area (Å²) in [4.78, 5) is 35.0. The van der Waals surface area contributed by atoms with Crippen LogP contribution in [0.3, 0.4) is 0 Å². The molecule has 0 aliphatic heterocycles. The van der Waals surface area contributed by atoms with Crippen molar-refractivity contribution in [3.8, 4) is 22.6 Å². The van der Waals surface area contributed by atoms with Gasteiger partial charge in [-0.1, -0.05) is 41.9 Å². The summed E-state index contributed by atoms with van der Waals surface area (Å²) >= 11 is 7.49. The number of rotatable bonds is 6. The molecule has 2 aromatic heterocycles. The SMILES string of the molecule is CCn1c(Sc2c(-c3ccccc3)c3cc(Cl)ccc3[nH]c2=O)nc2cc(OC)c(OC)cc2c1=O. The molecule has 5 aromatic rings. The van der Waals surface area contributed by atoms with Gasteiger partial charge in [-0.2, -0.15) is 0 Å². The first kappa shape index (κ1) is 24.0. The van der Waals surface area contributed by atoms with Crippen LogP contribution in [0, 0.1) is 0 Å². The summed E-state index contributed by atoms with van der Waals surface area (Å²) in [6.45, 7) is 2.23. The second-order valence-corrected chi connectivity index (χ2v) is 9.40. The Morgan fingerprint density at radius 1 is 0.972 bits per heavy atom. The Labute approximate surface area is 215 Å². The van der Waals surface area contributed by atoms with E-state index in [9.17, 15) is 9.59 Å². The zero-order chi connectivity index (χ0) is 25.4. The molecular formula is C27H22ClN3O4S. The van der Waals surface area contributed by atoms with E-state index >= 15 is 0 Å². The second-order valence-electron chi connectivity index (χ2n) is 7.98. The molecule has 0 unspecified atom stereocenters. The highest BCUT2D eigenvalue weighted by Crippen LogP contribution is 2.38. The summed E-state index contributed by atoms with van der Waals surface area (Å²) in [5, 5.41) is 2.15. The number of nitrogens with zero attached hydrogens (tertiary/aromatic N) is 2. The lowest BCUT2D eigenvalue weighted by Crippen LogP contribution is -2.23. The maximum absolute atomic E-state index is 13.4. The number of methoxy groups -OCH3 is 2. The van der Waals surface area contributed by atoms with Crippen LogP contribution in [0.15, 0.2) is 80.3 Å². The Morgan fingerprint density at radius 3 is 2.39 bits per heavy atom. The highest BCUT2D eigenvalue weighted by atomic mass is 35.5. The van der Waals surface area contributed by atoms with Crippen molar-refractivity contribution in [2.75, 3.05) is 14.2 Å². The summed E-state index contributed by atoms with van der Waals surface area (Å²) in [5.41, 5.74) is 2.20. The van der Waals surface area contributed by atoms with Gasteiger partial charge in [0, 0.05) is 34.1 Å². The van der Waals surface area contributed by atoms with E-state index < -0.39 is 0 Å². The average Bonchev–Trinajstić information content (AvgIpc) is 2.89. The smallest absolute Gasteiger partial charge is 0.263 e. The highest BCUT2D eigenvalue weighted by molar-refractivity contribution is 7.99. The lowest BCUT2D eigenvalue weighted by molar-refractivity contribution is 0.355. The number of fused-ring (bicyclic) bond motifs is 2. The molecule has 7 nitrogen and oxygen atoms in total. The number of halogens is 1. The fourth-order valence-electron chi connectivity index (χ4n) is 4.21. The maximum atomic E-state index is 13.4. The molecule has 3 aromatic carbocycles. The number of benzene rings is 3. The first-order valence-corrected chi connectivity index (χ1v) is 12.4. The number of pyridine rings is 1. The van der Waals surface area contributed by atoms with E-state index in [0.717, 1.165) is 28.3 Å². The second kappa shape index (κ2) is 9.72. The van der Waals surface area contributed by atoms with E-state index in [-0.39, 0.29) is 11.1 Å². The fraction of sp³-hybridized carbons (Fsp3) is 0.148. The lowest BCUT2D eigenvalue weighted by atomic mass is 10.0. The Hall–Kier alpha value is -3.75. The van der Waals surface area contributed by atoms with Crippen LogP contribution in [0.1, 0.15) is 6.92 Å². The molecule has 0 saturated heterocycles. The number of H-pyrrole nitrogens is 1. The van der Waals surface area contributed by atoms with Gasteiger partial charge in [0.05, 0.1) is 30.0 Å². The summed E-state index contributed by atoms with van der Waals surface area (Å²) in [6, 6.07) is 18.3. The Bertz CT molecular complexity index is 1730. The van der Waals surface area contributed by atoms with E-state index in [1.54, 1.807) is 28.8 Å². The predicted octanol–water partition coefficient (Wildman–Crippen LogP) is 5.75. The molecule has 0 bridgehead atoms. The lowest BCUT2D eigenvalue weighted by Gasteiger charge is -2.16. The molecule has 0 saturated carbocycles. The van der Waals surface area contributed by atoms with E-state index in [2.05, 4.69) is 4.98 Å². The van der Waals surface area contributed by atoms with Crippen LogP contribution in [0.2, 0.25) is 5.02 Å². The third kappa shape index (κ3) is 4.12. The standard InChI is InChI=1S/C27H22ClN3O4S/c1-4-31-26(33)18-13-21(34-2)22(35-3)14-20(18)30-27(31)36-24-23(15-8-6-5-7-9-15)17-12-16(28)10-11-19(17)29-25(24)32/h5-14H,4H2,1-3H3,(H,29,32). The molecule has 1 N–H and O–H groups in total. The molecule has 182 valence electrons. The number of ether oxygens (including phenoxy) is 2. The summed E-state index contributed by atoms with van der Waals surface area (Å²) in [6.07, 6.45) is 0. The van der Waals surface area contributed by atoms with Crippen molar-refractivity contribution in [2.24, 2.45) is 0 Å². The van der Waals surface area contributed by atoms with Crippen molar-refractivity contribution in [2.45, 2.75) is 23.5 Å². The number of aromatic amines is 1. The van der Waals surface area contributed by atoms with Crippen LogP contribution in [0.4, 0.5) is 0 Å². The number of hydrogen-bond acceptors (Lipinski definition) is 6. The van der Waals surface area contributed by atoms with E-state index in [1.807, 2.05) is 43.3 Å². The summed E-state index contributed by atoms with van der Waals surface area (Å²) in [5.74, 6) is 0.909. The quantitative estimate of drug-likeness (QED) is 0.288. The molecule has 0 fully saturated rings. The van der Waals surface area contributed by atoms with Crippen molar-refractivity contribution in [3.05, 3.63) is 86.4 Å². The van der Waals surface area contributed by atoms with Crippen molar-refractivity contribution in [1.82, 2.24) is 14.5 Å². The van der Waals surface area contributed by atoms with Crippen LogP contribution >= 0.6 is 23.4 Å². The third-order valence-electron chi connectivity index (χ3n) is 5.93. The first-order valence-electron chi connectivity index (χ1n) is 11.2. The molecule has 0 radical (unpaired) electrons. The van der Waals surface area contributed by atoms with Crippen LogP contribution < -0.4 is 20.6 Å². The highest BCUT2D eigenvalue weighted by Gasteiger charge is 2.20. The molecule has 0 atom stereocenters. The van der Waals surface area contributed by atoms with Gasteiger partial charge in [0.2, 0.25) is 0 Å². The largest absolute Gasteiger partial charge is 0.493 e. The molecule has 5 rings (SSSR count). The molecule has 0 spiro atoms. The Morgan fingerprint density at radius 2 is 1.69 bits per heavy atom. The minimum absolute atomic E-state index is 0.229. The van der Waals surface area contributed by atoms with Crippen molar-refractivity contribution in [1.29, 1.82) is 0 Å². The van der Waals surface area contributed by atoms with E-state index in [4.69, 9.17) is 26.1 Å². The van der Waals surface area contributed by atoms with Crippen LogP contribution in [0.25, 0.3) is 32.9 Å². The van der Waals surface area contributed by atoms with Crippen molar-refractivity contribution < 1.29 is 9.47 Å². The van der Waals surface area contributed by atoms with Gasteiger partial charge in [-0.05, 0) is 48.5 Å². The predicted molar refractivity (Wildman–Crippen MR) is 144 cm³/mol. The van der Waals surface area contributed by atoms with E-state index in [0.29, 0.717) is 49.5 Å².